The third kappa shape index (κ3) is 2.03. The number of hydrogen-bond acceptors (Lipinski definition) is 1. The molecule has 0 bridgehead atoms. The van der Waals surface area contributed by atoms with E-state index in [9.17, 15) is 0 Å². The minimum absolute atomic E-state index is 0.320. The van der Waals surface area contributed by atoms with E-state index in [1.54, 1.807) is 11.1 Å². The lowest BCUT2D eigenvalue weighted by Crippen LogP contribution is -2.38. The Morgan fingerprint density at radius 3 is 2.62 bits per heavy atom. The Morgan fingerprint density at radius 1 is 1.00 bits per heavy atom. The quantitative estimate of drug-likeness (QED) is 0.797. The van der Waals surface area contributed by atoms with Crippen molar-refractivity contribution in [3.63, 3.8) is 0 Å². The lowest BCUT2D eigenvalue weighted by atomic mass is 9.64. The van der Waals surface area contributed by atoms with Crippen LogP contribution in [0.15, 0.2) is 48.5 Å². The van der Waals surface area contributed by atoms with Gasteiger partial charge in [-0.15, -0.1) is 0 Å². The van der Waals surface area contributed by atoms with Crippen molar-refractivity contribution in [3.8, 4) is 0 Å². The molecule has 1 N–H and O–H groups in total. The number of hydrogen-bond donors (Lipinski definition) is 1. The van der Waals surface area contributed by atoms with Crippen LogP contribution in [0, 0.1) is 0 Å². The average molecular weight is 277 g/mol. The van der Waals surface area contributed by atoms with E-state index in [1.807, 2.05) is 0 Å². The average Bonchev–Trinajstić information content (AvgIpc) is 2.52. The van der Waals surface area contributed by atoms with E-state index in [0.29, 0.717) is 17.4 Å². The largest absolute Gasteiger partial charge is 0.305 e. The molecular weight excluding hydrogens is 254 g/mol. The van der Waals surface area contributed by atoms with E-state index in [4.69, 9.17) is 0 Å². The zero-order valence-corrected chi connectivity index (χ0v) is 12.9. The molecule has 0 fully saturated rings. The highest BCUT2D eigenvalue weighted by molar-refractivity contribution is 5.47. The van der Waals surface area contributed by atoms with Gasteiger partial charge in [0.15, 0.2) is 0 Å². The highest BCUT2D eigenvalue weighted by Gasteiger charge is 2.39. The van der Waals surface area contributed by atoms with Crippen molar-refractivity contribution in [3.05, 3.63) is 70.8 Å². The molecule has 2 unspecified atom stereocenters. The predicted molar refractivity (Wildman–Crippen MR) is 87.5 cm³/mol. The second-order valence-electron chi connectivity index (χ2n) is 7.18. The van der Waals surface area contributed by atoms with Gasteiger partial charge in [0.25, 0.3) is 0 Å². The summed E-state index contributed by atoms with van der Waals surface area (Å²) in [5.41, 5.74) is 6.49. The zero-order valence-electron chi connectivity index (χ0n) is 12.9. The van der Waals surface area contributed by atoms with Gasteiger partial charge in [-0.25, -0.2) is 0 Å². The summed E-state index contributed by atoms with van der Waals surface area (Å²) in [5.74, 6) is 0.625. The Labute approximate surface area is 127 Å². The summed E-state index contributed by atoms with van der Waals surface area (Å²) >= 11 is 0. The van der Waals surface area contributed by atoms with E-state index >= 15 is 0 Å². The summed E-state index contributed by atoms with van der Waals surface area (Å²) in [5, 5.41) is 3.78. The Bertz CT molecular complexity index is 657. The molecule has 1 heterocycles. The summed E-state index contributed by atoms with van der Waals surface area (Å²) in [6.07, 6.45) is 2.56. The van der Waals surface area contributed by atoms with E-state index in [-0.39, 0.29) is 0 Å². The van der Waals surface area contributed by atoms with Crippen LogP contribution in [0.3, 0.4) is 0 Å². The van der Waals surface area contributed by atoms with E-state index in [2.05, 4.69) is 67.7 Å². The lowest BCUT2D eigenvalue weighted by molar-refractivity contribution is 0.316. The maximum atomic E-state index is 3.78. The van der Waals surface area contributed by atoms with Crippen molar-refractivity contribution in [1.82, 2.24) is 5.32 Å². The summed E-state index contributed by atoms with van der Waals surface area (Å²) in [7, 11) is 0. The van der Waals surface area contributed by atoms with Gasteiger partial charge in [0.05, 0.1) is 0 Å². The predicted octanol–water partition coefficient (Wildman–Crippen LogP) is 4.69. The van der Waals surface area contributed by atoms with Crippen LogP contribution in [0.4, 0.5) is 0 Å². The van der Waals surface area contributed by atoms with Gasteiger partial charge in [0.2, 0.25) is 0 Å². The minimum atomic E-state index is 0.320. The van der Waals surface area contributed by atoms with Crippen molar-refractivity contribution < 1.29 is 0 Å². The Kier molecular flexibility index (Phi) is 2.93. The second kappa shape index (κ2) is 4.71. The summed E-state index contributed by atoms with van der Waals surface area (Å²) in [6.45, 7) is 5.80. The van der Waals surface area contributed by atoms with Gasteiger partial charge in [-0.05, 0) is 40.5 Å². The van der Waals surface area contributed by atoms with E-state index in [0.717, 1.165) is 6.54 Å². The van der Waals surface area contributed by atoms with Crippen molar-refractivity contribution in [1.29, 1.82) is 0 Å². The fraction of sp³-hybridized carbons (Fsp3) is 0.400. The fourth-order valence-electron chi connectivity index (χ4n) is 4.30. The molecule has 1 nitrogen and oxygen atoms in total. The van der Waals surface area contributed by atoms with Gasteiger partial charge in [0.1, 0.15) is 0 Å². The van der Waals surface area contributed by atoms with E-state index in [1.165, 1.54) is 24.0 Å². The van der Waals surface area contributed by atoms with Crippen molar-refractivity contribution in [2.75, 3.05) is 0 Å². The first kappa shape index (κ1) is 13.1. The zero-order chi connectivity index (χ0) is 14.4. The SMILES string of the molecule is CC1(C)CCC2c3c(cccc31)CNC2c1ccccc1. The van der Waals surface area contributed by atoms with Crippen LogP contribution in [-0.2, 0) is 12.0 Å². The number of nitrogens with one attached hydrogen (secondary N) is 1. The topological polar surface area (TPSA) is 12.0 Å². The first-order chi connectivity index (χ1) is 10.2. The van der Waals surface area contributed by atoms with Crippen LogP contribution in [0.5, 0.6) is 0 Å². The summed E-state index contributed by atoms with van der Waals surface area (Å²) in [4.78, 5) is 0. The molecule has 0 aromatic heterocycles. The standard InChI is InChI=1S/C20H23N/c1-20(2)12-11-16-18-15(9-6-10-17(18)20)13-21-19(16)14-7-4-3-5-8-14/h3-10,16,19,21H,11-13H2,1-2H3. The van der Waals surface area contributed by atoms with Gasteiger partial charge < -0.3 is 5.32 Å². The maximum absolute atomic E-state index is 3.78. The molecule has 1 heteroatoms. The van der Waals surface area contributed by atoms with Gasteiger partial charge in [-0.1, -0.05) is 62.4 Å². The number of rotatable bonds is 1. The van der Waals surface area contributed by atoms with Gasteiger partial charge in [-0.2, -0.15) is 0 Å². The maximum Gasteiger partial charge on any atom is 0.0392 e. The van der Waals surface area contributed by atoms with Crippen molar-refractivity contribution >= 4 is 0 Å². The summed E-state index contributed by atoms with van der Waals surface area (Å²) < 4.78 is 0. The normalized spacial score (nSPS) is 26.2. The molecule has 0 amide bonds. The monoisotopic (exact) mass is 277 g/mol. The third-order valence-electron chi connectivity index (χ3n) is 5.45. The van der Waals surface area contributed by atoms with Gasteiger partial charge in [0, 0.05) is 18.5 Å². The molecule has 2 atom stereocenters. The summed E-state index contributed by atoms with van der Waals surface area (Å²) in [6, 6.07) is 18.3. The molecule has 4 rings (SSSR count). The molecule has 2 aromatic carbocycles. The molecule has 0 radical (unpaired) electrons. The van der Waals surface area contributed by atoms with Crippen LogP contribution >= 0.6 is 0 Å². The smallest absolute Gasteiger partial charge is 0.0392 e. The Hall–Kier alpha value is -1.60. The molecule has 1 aliphatic carbocycles. The molecule has 0 spiro atoms. The molecule has 2 aromatic rings. The molecule has 108 valence electrons. The molecule has 0 saturated carbocycles. The van der Waals surface area contributed by atoms with Crippen molar-refractivity contribution in [2.45, 2.75) is 50.6 Å². The first-order valence-corrected chi connectivity index (χ1v) is 8.07. The Balaban J connectivity index is 1.84. The van der Waals surface area contributed by atoms with E-state index < -0.39 is 0 Å². The van der Waals surface area contributed by atoms with Crippen LogP contribution in [0.25, 0.3) is 0 Å². The fourth-order valence-corrected chi connectivity index (χ4v) is 4.30. The van der Waals surface area contributed by atoms with Gasteiger partial charge >= 0.3 is 0 Å². The van der Waals surface area contributed by atoms with Crippen LogP contribution < -0.4 is 5.32 Å². The van der Waals surface area contributed by atoms with Crippen LogP contribution in [-0.4, -0.2) is 0 Å². The van der Waals surface area contributed by atoms with Crippen molar-refractivity contribution in [2.24, 2.45) is 0 Å². The van der Waals surface area contributed by atoms with Crippen LogP contribution in [0.1, 0.15) is 60.9 Å². The third-order valence-corrected chi connectivity index (χ3v) is 5.45. The second-order valence-corrected chi connectivity index (χ2v) is 7.18. The first-order valence-electron chi connectivity index (χ1n) is 8.07. The lowest BCUT2D eigenvalue weighted by Gasteiger charge is -2.44. The Morgan fingerprint density at radius 2 is 1.81 bits per heavy atom. The molecule has 0 saturated heterocycles. The highest BCUT2D eigenvalue weighted by atomic mass is 14.9. The molecular formula is C20H23N. The molecule has 21 heavy (non-hydrogen) atoms. The molecule has 2 aliphatic rings. The highest BCUT2D eigenvalue weighted by Crippen LogP contribution is 2.50. The minimum Gasteiger partial charge on any atom is -0.305 e. The number of benzene rings is 2. The van der Waals surface area contributed by atoms with Gasteiger partial charge in [-0.3, -0.25) is 0 Å². The molecule has 1 aliphatic heterocycles. The van der Waals surface area contributed by atoms with Crippen LogP contribution in [0.2, 0.25) is 0 Å².